The van der Waals surface area contributed by atoms with Gasteiger partial charge in [0, 0.05) is 17.3 Å². The molecule has 0 spiro atoms. The summed E-state index contributed by atoms with van der Waals surface area (Å²) in [5, 5.41) is 6.21. The second kappa shape index (κ2) is 4.26. The summed E-state index contributed by atoms with van der Waals surface area (Å²) in [6, 6.07) is 8.49. The third-order valence-electron chi connectivity index (χ3n) is 2.41. The first-order valence-electron chi connectivity index (χ1n) is 5.33. The van der Waals surface area contributed by atoms with Crippen LogP contribution in [0.3, 0.4) is 0 Å². The van der Waals surface area contributed by atoms with E-state index in [4.69, 9.17) is 0 Å². The highest BCUT2D eigenvalue weighted by atomic mass is 32.1. The van der Waals surface area contributed by atoms with Crippen molar-refractivity contribution in [2.24, 2.45) is 0 Å². The Labute approximate surface area is 100 Å². The van der Waals surface area contributed by atoms with Crippen LogP contribution in [-0.2, 0) is 5.41 Å². The van der Waals surface area contributed by atoms with Gasteiger partial charge in [0.05, 0.1) is 0 Å². The molecule has 2 aromatic rings. The molecule has 2 nitrogen and oxygen atoms in total. The Balaban J connectivity index is 2.23. The van der Waals surface area contributed by atoms with Crippen LogP contribution in [0.15, 0.2) is 35.8 Å². The zero-order valence-electron chi connectivity index (χ0n) is 9.82. The smallest absolute Gasteiger partial charge is 0.187 e. The van der Waals surface area contributed by atoms with Crippen molar-refractivity contribution in [2.75, 3.05) is 5.32 Å². The summed E-state index contributed by atoms with van der Waals surface area (Å²) in [5.74, 6) is 0. The number of nitrogens with zero attached hydrogens (tertiary/aromatic N) is 1. The molecule has 1 heterocycles. The van der Waals surface area contributed by atoms with Crippen LogP contribution >= 0.6 is 11.3 Å². The quantitative estimate of drug-likeness (QED) is 0.840. The van der Waals surface area contributed by atoms with E-state index in [2.05, 4.69) is 55.3 Å². The van der Waals surface area contributed by atoms with Crippen molar-refractivity contribution in [3.8, 4) is 0 Å². The number of anilines is 2. The van der Waals surface area contributed by atoms with E-state index < -0.39 is 0 Å². The van der Waals surface area contributed by atoms with Crippen LogP contribution in [0.1, 0.15) is 26.3 Å². The van der Waals surface area contributed by atoms with Gasteiger partial charge >= 0.3 is 0 Å². The van der Waals surface area contributed by atoms with E-state index >= 15 is 0 Å². The lowest BCUT2D eigenvalue weighted by molar-refractivity contribution is 0.590. The Bertz CT molecular complexity index is 455. The molecule has 0 bridgehead atoms. The van der Waals surface area contributed by atoms with Crippen LogP contribution in [0.5, 0.6) is 0 Å². The van der Waals surface area contributed by atoms with Gasteiger partial charge in [-0.25, -0.2) is 4.98 Å². The van der Waals surface area contributed by atoms with Crippen LogP contribution in [0.4, 0.5) is 10.8 Å². The number of nitrogens with one attached hydrogen (secondary N) is 1. The zero-order valence-corrected chi connectivity index (χ0v) is 10.6. The van der Waals surface area contributed by atoms with Gasteiger partial charge in [-0.3, -0.25) is 0 Å². The lowest BCUT2D eigenvalue weighted by Crippen LogP contribution is -2.10. The van der Waals surface area contributed by atoms with Gasteiger partial charge in [-0.15, -0.1) is 11.3 Å². The largest absolute Gasteiger partial charge is 0.332 e. The molecule has 0 aliphatic carbocycles. The van der Waals surface area contributed by atoms with Crippen molar-refractivity contribution >= 4 is 22.2 Å². The van der Waals surface area contributed by atoms with Crippen LogP contribution in [0.2, 0.25) is 0 Å². The lowest BCUT2D eigenvalue weighted by Gasteiger charge is -2.19. The minimum Gasteiger partial charge on any atom is -0.332 e. The molecule has 0 saturated heterocycles. The van der Waals surface area contributed by atoms with Gasteiger partial charge in [0.1, 0.15) is 0 Å². The van der Waals surface area contributed by atoms with E-state index in [0.29, 0.717) is 0 Å². The molecule has 0 aliphatic heterocycles. The molecule has 16 heavy (non-hydrogen) atoms. The van der Waals surface area contributed by atoms with E-state index in [-0.39, 0.29) is 5.41 Å². The maximum atomic E-state index is 4.21. The minimum absolute atomic E-state index is 0.181. The Kier molecular flexibility index (Phi) is 2.97. The molecule has 1 aromatic heterocycles. The highest BCUT2D eigenvalue weighted by Crippen LogP contribution is 2.26. The molecule has 0 radical (unpaired) electrons. The van der Waals surface area contributed by atoms with Crippen molar-refractivity contribution in [1.29, 1.82) is 0 Å². The Morgan fingerprint density at radius 3 is 2.69 bits per heavy atom. The fourth-order valence-corrected chi connectivity index (χ4v) is 2.02. The Morgan fingerprint density at radius 1 is 1.25 bits per heavy atom. The van der Waals surface area contributed by atoms with E-state index in [1.807, 2.05) is 5.38 Å². The average molecular weight is 232 g/mol. The first kappa shape index (κ1) is 11.1. The molecular weight excluding hydrogens is 216 g/mol. The molecule has 0 fully saturated rings. The molecule has 3 heteroatoms. The summed E-state index contributed by atoms with van der Waals surface area (Å²) in [7, 11) is 0. The van der Waals surface area contributed by atoms with Crippen molar-refractivity contribution in [3.63, 3.8) is 0 Å². The maximum absolute atomic E-state index is 4.21. The van der Waals surface area contributed by atoms with E-state index in [1.165, 1.54) is 5.56 Å². The van der Waals surface area contributed by atoms with Gasteiger partial charge in [-0.05, 0) is 23.1 Å². The van der Waals surface area contributed by atoms with Gasteiger partial charge in [0.25, 0.3) is 0 Å². The number of benzene rings is 1. The van der Waals surface area contributed by atoms with Crippen molar-refractivity contribution in [2.45, 2.75) is 26.2 Å². The normalized spacial score (nSPS) is 11.4. The lowest BCUT2D eigenvalue weighted by atomic mass is 9.87. The predicted molar refractivity (Wildman–Crippen MR) is 70.5 cm³/mol. The molecule has 84 valence electrons. The third-order valence-corrected chi connectivity index (χ3v) is 3.10. The Morgan fingerprint density at radius 2 is 2.06 bits per heavy atom. The molecular formula is C13H16N2S. The summed E-state index contributed by atoms with van der Waals surface area (Å²) in [5.41, 5.74) is 2.61. The fourth-order valence-electron chi connectivity index (χ4n) is 1.47. The van der Waals surface area contributed by atoms with Crippen LogP contribution < -0.4 is 5.32 Å². The molecule has 1 aromatic carbocycles. The Hall–Kier alpha value is -1.35. The number of rotatable bonds is 2. The fraction of sp³-hybridized carbons (Fsp3) is 0.308. The summed E-state index contributed by atoms with van der Waals surface area (Å²) >= 11 is 1.61. The summed E-state index contributed by atoms with van der Waals surface area (Å²) in [6.07, 6.45) is 1.81. The van der Waals surface area contributed by atoms with Crippen molar-refractivity contribution < 1.29 is 0 Å². The SMILES string of the molecule is CC(C)(C)c1cccc(Nc2nccs2)c1. The van der Waals surface area contributed by atoms with Gasteiger partial charge in [-0.1, -0.05) is 32.9 Å². The summed E-state index contributed by atoms with van der Waals surface area (Å²) in [4.78, 5) is 4.21. The molecule has 2 rings (SSSR count). The van der Waals surface area contributed by atoms with E-state index in [9.17, 15) is 0 Å². The van der Waals surface area contributed by atoms with Gasteiger partial charge in [0.2, 0.25) is 0 Å². The number of thiazole rings is 1. The molecule has 1 N–H and O–H groups in total. The summed E-state index contributed by atoms with van der Waals surface area (Å²) in [6.45, 7) is 6.65. The topological polar surface area (TPSA) is 24.9 Å². The number of hydrogen-bond acceptors (Lipinski definition) is 3. The summed E-state index contributed by atoms with van der Waals surface area (Å²) < 4.78 is 0. The van der Waals surface area contributed by atoms with E-state index in [0.717, 1.165) is 10.8 Å². The maximum Gasteiger partial charge on any atom is 0.187 e. The van der Waals surface area contributed by atoms with Gasteiger partial charge in [0.15, 0.2) is 5.13 Å². The minimum atomic E-state index is 0.181. The number of aromatic nitrogens is 1. The second-order valence-corrected chi connectivity index (χ2v) is 5.69. The predicted octanol–water partition coefficient (Wildman–Crippen LogP) is 4.18. The van der Waals surface area contributed by atoms with Crippen LogP contribution in [0.25, 0.3) is 0 Å². The molecule has 0 amide bonds. The molecule has 0 atom stereocenters. The first-order chi connectivity index (χ1) is 7.55. The van der Waals surface area contributed by atoms with E-state index in [1.54, 1.807) is 17.5 Å². The van der Waals surface area contributed by atoms with Crippen molar-refractivity contribution in [1.82, 2.24) is 4.98 Å². The van der Waals surface area contributed by atoms with Crippen LogP contribution in [0, 0.1) is 0 Å². The molecule has 0 aliphatic rings. The number of hydrogen-bond donors (Lipinski definition) is 1. The molecule has 0 saturated carbocycles. The standard InChI is InChI=1S/C13H16N2S/c1-13(2,3)10-5-4-6-11(9-10)15-12-14-7-8-16-12/h4-9H,1-3H3,(H,14,15). The third kappa shape index (κ3) is 2.61. The zero-order chi connectivity index (χ0) is 11.6. The second-order valence-electron chi connectivity index (χ2n) is 4.79. The van der Waals surface area contributed by atoms with Crippen molar-refractivity contribution in [3.05, 3.63) is 41.4 Å². The highest BCUT2D eigenvalue weighted by molar-refractivity contribution is 7.13. The first-order valence-corrected chi connectivity index (χ1v) is 6.21. The average Bonchev–Trinajstić information content (AvgIpc) is 2.70. The monoisotopic (exact) mass is 232 g/mol. The molecule has 0 unspecified atom stereocenters. The van der Waals surface area contributed by atoms with Gasteiger partial charge in [-0.2, -0.15) is 0 Å². The van der Waals surface area contributed by atoms with Gasteiger partial charge < -0.3 is 5.32 Å². The highest BCUT2D eigenvalue weighted by Gasteiger charge is 2.13. The van der Waals surface area contributed by atoms with Crippen LogP contribution in [-0.4, -0.2) is 4.98 Å².